The number of hydrogen-bond donors (Lipinski definition) is 2. The van der Waals surface area contributed by atoms with Gasteiger partial charge in [-0.2, -0.15) is 0 Å². The summed E-state index contributed by atoms with van der Waals surface area (Å²) in [6.45, 7) is 0.746. The predicted octanol–water partition coefficient (Wildman–Crippen LogP) is 3.79. The zero-order chi connectivity index (χ0) is 13.1. The van der Waals surface area contributed by atoms with Crippen LogP contribution in [0.2, 0.25) is 0 Å². The van der Waals surface area contributed by atoms with Gasteiger partial charge in [-0.05, 0) is 29.7 Å². The zero-order valence-electron chi connectivity index (χ0n) is 10.8. The lowest BCUT2D eigenvalue weighted by atomic mass is 10.2. The lowest BCUT2D eigenvalue weighted by Gasteiger charge is -2.10. The second-order valence-corrected chi connectivity index (χ2v) is 4.45. The van der Waals surface area contributed by atoms with Crippen LogP contribution in [0.1, 0.15) is 5.56 Å². The third-order valence-corrected chi connectivity index (χ3v) is 3.23. The number of methoxy groups -OCH3 is 1. The smallest absolute Gasteiger partial charge is 0.123 e. The van der Waals surface area contributed by atoms with Crippen LogP contribution in [0.5, 0.6) is 5.75 Å². The van der Waals surface area contributed by atoms with E-state index >= 15 is 0 Å². The number of rotatable bonds is 4. The van der Waals surface area contributed by atoms with Gasteiger partial charge in [0.05, 0.1) is 7.11 Å². The molecule has 3 nitrogen and oxygen atoms in total. The standard InChI is InChI=1S/C16H16N2O/c1-19-16-5-3-2-4-13(16)11-18-14-7-6-12-8-9-17-15(12)10-14/h2-10,17-18H,11H2,1H3. The van der Waals surface area contributed by atoms with Gasteiger partial charge in [-0.1, -0.05) is 24.3 Å². The summed E-state index contributed by atoms with van der Waals surface area (Å²) in [4.78, 5) is 3.22. The van der Waals surface area contributed by atoms with Crippen molar-refractivity contribution in [3.05, 3.63) is 60.3 Å². The first-order chi connectivity index (χ1) is 9.36. The number of benzene rings is 2. The van der Waals surface area contributed by atoms with Gasteiger partial charge in [0.25, 0.3) is 0 Å². The van der Waals surface area contributed by atoms with E-state index in [0.29, 0.717) is 0 Å². The Labute approximate surface area is 112 Å². The van der Waals surface area contributed by atoms with Crippen molar-refractivity contribution in [2.45, 2.75) is 6.54 Å². The fourth-order valence-corrected chi connectivity index (χ4v) is 2.20. The molecule has 1 heterocycles. The highest BCUT2D eigenvalue weighted by molar-refractivity contribution is 5.82. The van der Waals surface area contributed by atoms with Crippen molar-refractivity contribution in [2.24, 2.45) is 0 Å². The third kappa shape index (κ3) is 2.40. The normalized spacial score (nSPS) is 10.6. The number of hydrogen-bond acceptors (Lipinski definition) is 2. The Morgan fingerprint density at radius 3 is 2.89 bits per heavy atom. The average Bonchev–Trinajstić information content (AvgIpc) is 2.93. The molecule has 19 heavy (non-hydrogen) atoms. The molecule has 0 radical (unpaired) electrons. The van der Waals surface area contributed by atoms with Crippen molar-refractivity contribution < 1.29 is 4.74 Å². The lowest BCUT2D eigenvalue weighted by Crippen LogP contribution is -2.01. The van der Waals surface area contributed by atoms with E-state index < -0.39 is 0 Å². The molecule has 0 bridgehead atoms. The fourth-order valence-electron chi connectivity index (χ4n) is 2.20. The van der Waals surface area contributed by atoms with Crippen LogP contribution in [0.3, 0.4) is 0 Å². The largest absolute Gasteiger partial charge is 0.496 e. The number of ether oxygens (including phenoxy) is 1. The first-order valence-corrected chi connectivity index (χ1v) is 6.30. The number of anilines is 1. The molecule has 0 spiro atoms. The molecule has 1 aromatic heterocycles. The number of para-hydroxylation sites is 1. The molecular formula is C16H16N2O. The highest BCUT2D eigenvalue weighted by atomic mass is 16.5. The molecule has 0 aliphatic carbocycles. The molecular weight excluding hydrogens is 236 g/mol. The molecule has 0 fully saturated rings. The summed E-state index contributed by atoms with van der Waals surface area (Å²) in [5.74, 6) is 0.913. The van der Waals surface area contributed by atoms with Crippen LogP contribution < -0.4 is 10.1 Å². The minimum absolute atomic E-state index is 0.746. The van der Waals surface area contributed by atoms with Gasteiger partial charge in [0.1, 0.15) is 5.75 Å². The fraction of sp³-hybridized carbons (Fsp3) is 0.125. The Bertz CT molecular complexity index is 688. The molecule has 0 aliphatic heterocycles. The maximum atomic E-state index is 5.35. The summed E-state index contributed by atoms with van der Waals surface area (Å²) in [5, 5.41) is 4.64. The molecule has 0 amide bonds. The minimum atomic E-state index is 0.746. The Morgan fingerprint density at radius 1 is 1.11 bits per heavy atom. The highest BCUT2D eigenvalue weighted by Gasteiger charge is 2.02. The van der Waals surface area contributed by atoms with Crippen LogP contribution in [0.4, 0.5) is 5.69 Å². The number of nitrogens with one attached hydrogen (secondary N) is 2. The molecule has 0 saturated carbocycles. The number of aromatic amines is 1. The van der Waals surface area contributed by atoms with E-state index in [2.05, 4.69) is 40.6 Å². The second-order valence-electron chi connectivity index (χ2n) is 4.45. The van der Waals surface area contributed by atoms with E-state index in [-0.39, 0.29) is 0 Å². The summed E-state index contributed by atoms with van der Waals surface area (Å²) >= 11 is 0. The number of fused-ring (bicyclic) bond motifs is 1. The Morgan fingerprint density at radius 2 is 2.00 bits per heavy atom. The summed E-state index contributed by atoms with van der Waals surface area (Å²) in [6.07, 6.45) is 1.95. The van der Waals surface area contributed by atoms with Crippen molar-refractivity contribution >= 4 is 16.6 Å². The topological polar surface area (TPSA) is 37.0 Å². The molecule has 2 aromatic carbocycles. The monoisotopic (exact) mass is 252 g/mol. The summed E-state index contributed by atoms with van der Waals surface area (Å²) < 4.78 is 5.35. The van der Waals surface area contributed by atoms with Gasteiger partial charge in [0, 0.05) is 29.5 Å². The molecule has 0 unspecified atom stereocenters. The Kier molecular flexibility index (Phi) is 3.11. The van der Waals surface area contributed by atoms with Crippen molar-refractivity contribution in [1.82, 2.24) is 4.98 Å². The van der Waals surface area contributed by atoms with Crippen molar-refractivity contribution in [3.8, 4) is 5.75 Å². The SMILES string of the molecule is COc1ccccc1CNc1ccc2cc[nH]c2c1. The van der Waals surface area contributed by atoms with Crippen LogP contribution >= 0.6 is 0 Å². The van der Waals surface area contributed by atoms with Crippen LogP contribution in [0.25, 0.3) is 10.9 Å². The maximum absolute atomic E-state index is 5.35. The number of H-pyrrole nitrogens is 1. The lowest BCUT2D eigenvalue weighted by molar-refractivity contribution is 0.410. The Balaban J connectivity index is 1.78. The molecule has 2 N–H and O–H groups in total. The van der Waals surface area contributed by atoms with Gasteiger partial charge in [-0.15, -0.1) is 0 Å². The van der Waals surface area contributed by atoms with Gasteiger partial charge in [0.2, 0.25) is 0 Å². The first kappa shape index (κ1) is 11.7. The van der Waals surface area contributed by atoms with E-state index in [9.17, 15) is 0 Å². The van der Waals surface area contributed by atoms with Gasteiger partial charge < -0.3 is 15.0 Å². The molecule has 3 aromatic rings. The minimum Gasteiger partial charge on any atom is -0.496 e. The quantitative estimate of drug-likeness (QED) is 0.741. The number of aromatic nitrogens is 1. The average molecular weight is 252 g/mol. The van der Waals surface area contributed by atoms with Crippen molar-refractivity contribution in [1.29, 1.82) is 0 Å². The van der Waals surface area contributed by atoms with E-state index in [4.69, 9.17) is 4.74 Å². The van der Waals surface area contributed by atoms with Crippen molar-refractivity contribution in [2.75, 3.05) is 12.4 Å². The second kappa shape index (κ2) is 5.06. The highest BCUT2D eigenvalue weighted by Crippen LogP contribution is 2.21. The van der Waals surface area contributed by atoms with Gasteiger partial charge in [-0.25, -0.2) is 0 Å². The van der Waals surface area contributed by atoms with Crippen LogP contribution in [0, 0.1) is 0 Å². The van der Waals surface area contributed by atoms with Crippen molar-refractivity contribution in [3.63, 3.8) is 0 Å². The van der Waals surface area contributed by atoms with Crippen LogP contribution in [0.15, 0.2) is 54.7 Å². The molecule has 3 rings (SSSR count). The molecule has 0 saturated heterocycles. The molecule has 96 valence electrons. The maximum Gasteiger partial charge on any atom is 0.123 e. The molecule has 0 atom stereocenters. The molecule has 0 aliphatic rings. The third-order valence-electron chi connectivity index (χ3n) is 3.23. The van der Waals surface area contributed by atoms with Gasteiger partial charge in [-0.3, -0.25) is 0 Å². The van der Waals surface area contributed by atoms with Crippen LogP contribution in [-0.2, 0) is 6.54 Å². The zero-order valence-corrected chi connectivity index (χ0v) is 10.8. The van der Waals surface area contributed by atoms with E-state index in [1.54, 1.807) is 7.11 Å². The van der Waals surface area contributed by atoms with E-state index in [1.807, 2.05) is 24.4 Å². The molecule has 3 heteroatoms. The van der Waals surface area contributed by atoms with Gasteiger partial charge >= 0.3 is 0 Å². The summed E-state index contributed by atoms with van der Waals surface area (Å²) in [5.41, 5.74) is 3.39. The van der Waals surface area contributed by atoms with E-state index in [0.717, 1.165) is 29.1 Å². The summed E-state index contributed by atoms with van der Waals surface area (Å²) in [6, 6.07) is 16.4. The van der Waals surface area contributed by atoms with E-state index in [1.165, 1.54) is 5.39 Å². The van der Waals surface area contributed by atoms with Crippen LogP contribution in [-0.4, -0.2) is 12.1 Å². The predicted molar refractivity (Wildman–Crippen MR) is 78.6 cm³/mol. The van der Waals surface area contributed by atoms with Gasteiger partial charge in [0.15, 0.2) is 0 Å². The summed E-state index contributed by atoms with van der Waals surface area (Å²) in [7, 11) is 1.70. The Hall–Kier alpha value is -2.42. The first-order valence-electron chi connectivity index (χ1n) is 6.30.